The number of hydrogen-bond acceptors (Lipinski definition) is 6. The van der Waals surface area contributed by atoms with Gasteiger partial charge in [-0.2, -0.15) is 0 Å². The van der Waals surface area contributed by atoms with Crippen molar-refractivity contribution in [1.82, 2.24) is 14.9 Å². The van der Waals surface area contributed by atoms with Gasteiger partial charge in [-0.1, -0.05) is 11.6 Å². The Labute approximate surface area is 182 Å². The molecular weight excluding hydrogens is 425 g/mol. The van der Waals surface area contributed by atoms with Gasteiger partial charge in [-0.05, 0) is 30.3 Å². The average molecular weight is 442 g/mol. The second kappa shape index (κ2) is 8.65. The average Bonchev–Trinajstić information content (AvgIpc) is 2.79. The Morgan fingerprint density at radius 1 is 1.03 bits per heavy atom. The molecule has 1 aliphatic rings. The van der Waals surface area contributed by atoms with Crippen molar-refractivity contribution in [2.24, 2.45) is 0 Å². The molecule has 0 radical (unpaired) electrons. The van der Waals surface area contributed by atoms with Crippen molar-refractivity contribution in [1.29, 1.82) is 0 Å². The Kier molecular flexibility index (Phi) is 5.77. The summed E-state index contributed by atoms with van der Waals surface area (Å²) < 4.78 is 13.2. The van der Waals surface area contributed by atoms with Crippen LogP contribution < -0.4 is 4.90 Å². The number of aromatic nitrogens is 2. The third-order valence-corrected chi connectivity index (χ3v) is 5.40. The van der Waals surface area contributed by atoms with E-state index in [1.807, 2.05) is 11.0 Å². The minimum absolute atomic E-state index is 0.116. The maximum Gasteiger partial charge on any atom is 0.270 e. The molecule has 4 rings (SSSR count). The molecule has 1 saturated heterocycles. The van der Waals surface area contributed by atoms with E-state index in [2.05, 4.69) is 9.97 Å². The number of carbonyl (C=O) groups excluding carboxylic acids is 1. The molecule has 1 aliphatic heterocycles. The smallest absolute Gasteiger partial charge is 0.270 e. The molecule has 3 aromatic rings. The van der Waals surface area contributed by atoms with Crippen LogP contribution in [0.5, 0.6) is 0 Å². The van der Waals surface area contributed by atoms with Crippen molar-refractivity contribution in [3.63, 3.8) is 0 Å². The molecule has 1 aromatic heterocycles. The quantitative estimate of drug-likeness (QED) is 0.451. The third kappa shape index (κ3) is 4.46. The van der Waals surface area contributed by atoms with Gasteiger partial charge in [-0.3, -0.25) is 14.9 Å². The first-order valence-electron chi connectivity index (χ1n) is 9.48. The van der Waals surface area contributed by atoms with Crippen molar-refractivity contribution < 1.29 is 14.1 Å². The van der Waals surface area contributed by atoms with Crippen LogP contribution in [-0.4, -0.2) is 51.9 Å². The first-order chi connectivity index (χ1) is 14.9. The SMILES string of the molecule is O=C(c1cc([N+](=O)[O-])ccc1Cl)N1CCN(c2cc(-c3ccc(F)cc3)ncn2)CC1. The topological polar surface area (TPSA) is 92.5 Å². The maximum atomic E-state index is 13.2. The largest absolute Gasteiger partial charge is 0.353 e. The monoisotopic (exact) mass is 441 g/mol. The molecule has 2 heterocycles. The number of piperazine rings is 1. The number of nitro groups is 1. The summed E-state index contributed by atoms with van der Waals surface area (Å²) in [5, 5.41) is 11.2. The molecular formula is C21H17ClFN5O3. The minimum Gasteiger partial charge on any atom is -0.353 e. The van der Waals surface area contributed by atoms with Crippen molar-refractivity contribution in [3.8, 4) is 11.3 Å². The van der Waals surface area contributed by atoms with Gasteiger partial charge in [-0.15, -0.1) is 0 Å². The second-order valence-electron chi connectivity index (χ2n) is 6.97. The Hall–Kier alpha value is -3.59. The fraction of sp³-hybridized carbons (Fsp3) is 0.190. The summed E-state index contributed by atoms with van der Waals surface area (Å²) in [5.74, 6) is 0.0421. The van der Waals surface area contributed by atoms with Crippen LogP contribution in [0, 0.1) is 15.9 Å². The molecule has 1 fully saturated rings. The summed E-state index contributed by atoms with van der Waals surface area (Å²) in [6.45, 7) is 1.87. The Morgan fingerprint density at radius 3 is 2.42 bits per heavy atom. The van der Waals surface area contributed by atoms with E-state index in [1.165, 1.54) is 36.7 Å². The highest BCUT2D eigenvalue weighted by atomic mass is 35.5. The van der Waals surface area contributed by atoms with Gasteiger partial charge in [0.2, 0.25) is 0 Å². The zero-order valence-corrected chi connectivity index (χ0v) is 17.0. The molecule has 0 N–H and O–H groups in total. The lowest BCUT2D eigenvalue weighted by Gasteiger charge is -2.35. The van der Waals surface area contributed by atoms with E-state index in [9.17, 15) is 19.3 Å². The van der Waals surface area contributed by atoms with Gasteiger partial charge in [0.25, 0.3) is 11.6 Å². The van der Waals surface area contributed by atoms with Crippen molar-refractivity contribution in [2.75, 3.05) is 31.1 Å². The lowest BCUT2D eigenvalue weighted by atomic mass is 10.1. The van der Waals surface area contributed by atoms with Gasteiger partial charge in [-0.25, -0.2) is 14.4 Å². The van der Waals surface area contributed by atoms with Crippen molar-refractivity contribution in [3.05, 3.63) is 81.4 Å². The molecule has 0 aliphatic carbocycles. The zero-order valence-electron chi connectivity index (χ0n) is 16.2. The van der Waals surface area contributed by atoms with Gasteiger partial charge in [0.15, 0.2) is 0 Å². The van der Waals surface area contributed by atoms with Crippen LogP contribution in [0.1, 0.15) is 10.4 Å². The van der Waals surface area contributed by atoms with Crippen molar-refractivity contribution in [2.45, 2.75) is 0 Å². The number of hydrogen-bond donors (Lipinski definition) is 0. The Balaban J connectivity index is 1.46. The standard InChI is InChI=1S/C21H17ClFN5O3/c22-18-6-5-16(28(30)31)11-17(18)21(29)27-9-7-26(8-10-27)20-12-19(24-13-25-20)14-1-3-15(23)4-2-14/h1-6,11-13H,7-10H2. The van der Waals surface area contributed by atoms with Crippen LogP contribution in [0.15, 0.2) is 54.9 Å². The summed E-state index contributed by atoms with van der Waals surface area (Å²) in [6, 6.07) is 11.7. The number of nitro benzene ring substituents is 1. The van der Waals surface area contributed by atoms with Crippen molar-refractivity contribution >= 4 is 29.0 Å². The van der Waals surface area contributed by atoms with Crippen LogP contribution >= 0.6 is 11.6 Å². The van der Waals surface area contributed by atoms with Crippen LogP contribution in [0.4, 0.5) is 15.9 Å². The predicted molar refractivity (Wildman–Crippen MR) is 114 cm³/mol. The number of carbonyl (C=O) groups is 1. The Bertz CT molecular complexity index is 1130. The van der Waals surface area contributed by atoms with E-state index in [0.717, 1.165) is 5.56 Å². The number of nitrogens with zero attached hydrogens (tertiary/aromatic N) is 5. The molecule has 0 atom stereocenters. The molecule has 0 spiro atoms. The minimum atomic E-state index is -0.557. The van der Waals surface area contributed by atoms with Gasteiger partial charge < -0.3 is 9.80 Å². The van der Waals surface area contributed by atoms with Gasteiger partial charge in [0.05, 0.1) is 21.2 Å². The van der Waals surface area contributed by atoms with E-state index >= 15 is 0 Å². The normalized spacial score (nSPS) is 13.9. The molecule has 10 heteroatoms. The maximum absolute atomic E-state index is 13.2. The van der Waals surface area contributed by atoms with E-state index in [1.54, 1.807) is 17.0 Å². The molecule has 0 saturated carbocycles. The van der Waals surface area contributed by atoms with Crippen LogP contribution in [0.3, 0.4) is 0 Å². The number of amides is 1. The number of halogens is 2. The summed E-state index contributed by atoms with van der Waals surface area (Å²) in [4.78, 5) is 35.5. The molecule has 2 aromatic carbocycles. The number of benzene rings is 2. The highest BCUT2D eigenvalue weighted by Gasteiger charge is 2.26. The fourth-order valence-electron chi connectivity index (χ4n) is 3.40. The lowest BCUT2D eigenvalue weighted by molar-refractivity contribution is -0.384. The Morgan fingerprint density at radius 2 is 1.74 bits per heavy atom. The van der Waals surface area contributed by atoms with Crippen LogP contribution in [-0.2, 0) is 0 Å². The van der Waals surface area contributed by atoms with Crippen LogP contribution in [0.2, 0.25) is 5.02 Å². The molecule has 158 valence electrons. The van der Waals surface area contributed by atoms with E-state index in [4.69, 9.17) is 11.6 Å². The summed E-state index contributed by atoms with van der Waals surface area (Å²) in [5.41, 5.74) is 1.39. The van der Waals surface area contributed by atoms with E-state index < -0.39 is 4.92 Å². The second-order valence-corrected chi connectivity index (χ2v) is 7.38. The molecule has 1 amide bonds. The van der Waals surface area contributed by atoms with Gasteiger partial charge in [0.1, 0.15) is 18.0 Å². The van der Waals surface area contributed by atoms with E-state index in [0.29, 0.717) is 37.7 Å². The highest BCUT2D eigenvalue weighted by molar-refractivity contribution is 6.33. The zero-order chi connectivity index (χ0) is 22.0. The molecule has 0 bridgehead atoms. The number of rotatable bonds is 4. The third-order valence-electron chi connectivity index (χ3n) is 5.07. The fourth-order valence-corrected chi connectivity index (χ4v) is 3.60. The number of anilines is 1. The first-order valence-corrected chi connectivity index (χ1v) is 9.86. The highest BCUT2D eigenvalue weighted by Crippen LogP contribution is 2.25. The molecule has 0 unspecified atom stereocenters. The summed E-state index contributed by atoms with van der Waals surface area (Å²) >= 11 is 6.10. The predicted octanol–water partition coefficient (Wildman–Crippen LogP) is 3.81. The molecule has 31 heavy (non-hydrogen) atoms. The van der Waals surface area contributed by atoms with Gasteiger partial charge >= 0.3 is 0 Å². The lowest BCUT2D eigenvalue weighted by Crippen LogP contribution is -2.49. The molecule has 8 nitrogen and oxygen atoms in total. The van der Waals surface area contributed by atoms with E-state index in [-0.39, 0.29) is 28.0 Å². The van der Waals surface area contributed by atoms with Gasteiger partial charge in [0, 0.05) is 49.9 Å². The van der Waals surface area contributed by atoms with Crippen LogP contribution in [0.25, 0.3) is 11.3 Å². The number of non-ortho nitro benzene ring substituents is 1. The summed E-state index contributed by atoms with van der Waals surface area (Å²) in [7, 11) is 0. The summed E-state index contributed by atoms with van der Waals surface area (Å²) in [6.07, 6.45) is 1.45. The first kappa shape index (κ1) is 20.7.